The van der Waals surface area contributed by atoms with Crippen molar-refractivity contribution in [2.75, 3.05) is 32.9 Å². The zero-order valence-corrected chi connectivity index (χ0v) is 10.4. The Labute approximate surface area is 101 Å². The maximum absolute atomic E-state index is 11.8. The van der Waals surface area contributed by atoms with Crippen molar-refractivity contribution in [3.05, 3.63) is 0 Å². The third-order valence-electron chi connectivity index (χ3n) is 2.65. The van der Waals surface area contributed by atoms with Gasteiger partial charge in [-0.25, -0.2) is 4.79 Å². The van der Waals surface area contributed by atoms with Gasteiger partial charge < -0.3 is 19.7 Å². The molecule has 2 amide bonds. The Bertz CT molecular complexity index is 270. The average molecular weight is 244 g/mol. The van der Waals surface area contributed by atoms with Crippen molar-refractivity contribution in [1.82, 2.24) is 10.2 Å². The molecule has 6 nitrogen and oxygen atoms in total. The summed E-state index contributed by atoms with van der Waals surface area (Å²) in [5.41, 5.74) is 0. The summed E-state index contributed by atoms with van der Waals surface area (Å²) in [5.74, 6) is -0.415. The van der Waals surface area contributed by atoms with E-state index in [0.29, 0.717) is 26.4 Å². The molecule has 6 heteroatoms. The van der Waals surface area contributed by atoms with Crippen molar-refractivity contribution in [2.45, 2.75) is 26.3 Å². The van der Waals surface area contributed by atoms with Gasteiger partial charge in [0.2, 0.25) is 0 Å². The van der Waals surface area contributed by atoms with Crippen molar-refractivity contribution in [3.8, 4) is 0 Å². The highest BCUT2D eigenvalue weighted by molar-refractivity contribution is 5.81. The Kier molecular flexibility index (Phi) is 5.76. The highest BCUT2D eigenvalue weighted by atomic mass is 16.5. The van der Waals surface area contributed by atoms with Crippen LogP contribution in [0.1, 0.15) is 20.3 Å². The number of urea groups is 1. The van der Waals surface area contributed by atoms with Gasteiger partial charge >= 0.3 is 12.0 Å². The third-order valence-corrected chi connectivity index (χ3v) is 2.65. The summed E-state index contributed by atoms with van der Waals surface area (Å²) in [6.45, 7) is 5.64. The third kappa shape index (κ3) is 4.22. The second kappa shape index (κ2) is 7.11. The largest absolute Gasteiger partial charge is 0.465 e. The fourth-order valence-corrected chi connectivity index (χ4v) is 1.72. The number of morpholine rings is 1. The summed E-state index contributed by atoms with van der Waals surface area (Å²) < 4.78 is 10.0. The Morgan fingerprint density at radius 1 is 1.47 bits per heavy atom. The molecule has 1 N–H and O–H groups in total. The lowest BCUT2D eigenvalue weighted by Crippen LogP contribution is -2.53. The Balaban J connectivity index is 2.37. The van der Waals surface area contributed by atoms with Crippen molar-refractivity contribution in [2.24, 2.45) is 0 Å². The minimum absolute atomic E-state index is 0.0829. The van der Waals surface area contributed by atoms with Gasteiger partial charge in [0.1, 0.15) is 6.54 Å². The minimum Gasteiger partial charge on any atom is -0.465 e. The molecular formula is C11H20N2O4. The summed E-state index contributed by atoms with van der Waals surface area (Å²) in [7, 11) is 0. The van der Waals surface area contributed by atoms with Gasteiger partial charge in [-0.2, -0.15) is 0 Å². The highest BCUT2D eigenvalue weighted by Gasteiger charge is 2.25. The molecule has 0 aromatic rings. The topological polar surface area (TPSA) is 67.9 Å². The van der Waals surface area contributed by atoms with Crippen LogP contribution in [0.15, 0.2) is 0 Å². The van der Waals surface area contributed by atoms with Crippen LogP contribution in [0.2, 0.25) is 0 Å². The molecule has 1 saturated heterocycles. The number of nitrogens with zero attached hydrogens (tertiary/aromatic N) is 1. The van der Waals surface area contributed by atoms with Gasteiger partial charge in [-0.05, 0) is 13.3 Å². The molecule has 0 aromatic carbocycles. The summed E-state index contributed by atoms with van der Waals surface area (Å²) in [5, 5.41) is 2.56. The lowest BCUT2D eigenvalue weighted by atomic mass is 10.2. The number of hydrogen-bond donors (Lipinski definition) is 1. The van der Waals surface area contributed by atoms with Gasteiger partial charge in [0.15, 0.2) is 0 Å². The van der Waals surface area contributed by atoms with Crippen LogP contribution in [0.25, 0.3) is 0 Å². The maximum atomic E-state index is 11.8. The molecule has 0 aliphatic carbocycles. The first-order chi connectivity index (χ1) is 8.19. The van der Waals surface area contributed by atoms with Crippen molar-refractivity contribution >= 4 is 12.0 Å². The smallest absolute Gasteiger partial charge is 0.325 e. The van der Waals surface area contributed by atoms with E-state index < -0.39 is 5.97 Å². The summed E-state index contributed by atoms with van der Waals surface area (Å²) in [4.78, 5) is 24.6. The summed E-state index contributed by atoms with van der Waals surface area (Å²) >= 11 is 0. The fourth-order valence-electron chi connectivity index (χ4n) is 1.72. The van der Waals surface area contributed by atoms with Crippen LogP contribution < -0.4 is 5.32 Å². The molecule has 1 fully saturated rings. The Morgan fingerprint density at radius 2 is 2.24 bits per heavy atom. The molecule has 0 spiro atoms. The van der Waals surface area contributed by atoms with Crippen LogP contribution >= 0.6 is 0 Å². The van der Waals surface area contributed by atoms with Gasteiger partial charge in [0.05, 0.1) is 25.9 Å². The van der Waals surface area contributed by atoms with Crippen LogP contribution in [-0.2, 0) is 14.3 Å². The number of esters is 1. The van der Waals surface area contributed by atoms with E-state index in [1.165, 1.54) is 0 Å². The first kappa shape index (κ1) is 13.8. The molecule has 1 atom stereocenters. The first-order valence-corrected chi connectivity index (χ1v) is 5.96. The van der Waals surface area contributed by atoms with Crippen molar-refractivity contribution in [1.29, 1.82) is 0 Å². The predicted molar refractivity (Wildman–Crippen MR) is 61.6 cm³/mol. The number of hydrogen-bond acceptors (Lipinski definition) is 4. The molecule has 1 aliphatic heterocycles. The monoisotopic (exact) mass is 244 g/mol. The molecule has 1 aliphatic rings. The molecule has 0 aromatic heterocycles. The molecule has 1 rings (SSSR count). The quantitative estimate of drug-likeness (QED) is 0.725. The van der Waals surface area contributed by atoms with Crippen molar-refractivity contribution in [3.63, 3.8) is 0 Å². The number of carbonyl (C=O) groups excluding carboxylic acids is 2. The molecule has 0 bridgehead atoms. The predicted octanol–water partition coefficient (Wildman–Crippen LogP) is 0.370. The molecule has 0 radical (unpaired) electrons. The van der Waals surface area contributed by atoms with E-state index in [4.69, 9.17) is 9.47 Å². The second-order valence-corrected chi connectivity index (χ2v) is 3.79. The first-order valence-electron chi connectivity index (χ1n) is 5.96. The average Bonchev–Trinajstić information content (AvgIpc) is 2.36. The van der Waals surface area contributed by atoms with Crippen molar-refractivity contribution < 1.29 is 19.1 Å². The second-order valence-electron chi connectivity index (χ2n) is 3.79. The van der Waals surface area contributed by atoms with E-state index in [0.717, 1.165) is 6.42 Å². The van der Waals surface area contributed by atoms with E-state index in [1.54, 1.807) is 11.8 Å². The minimum atomic E-state index is -0.415. The number of amides is 2. The zero-order valence-electron chi connectivity index (χ0n) is 10.4. The normalized spacial score (nSPS) is 19.9. The van der Waals surface area contributed by atoms with Gasteiger partial charge in [-0.1, -0.05) is 6.92 Å². The van der Waals surface area contributed by atoms with E-state index in [9.17, 15) is 9.59 Å². The molecular weight excluding hydrogens is 224 g/mol. The molecule has 0 saturated carbocycles. The fraction of sp³-hybridized carbons (Fsp3) is 0.818. The Morgan fingerprint density at radius 3 is 2.88 bits per heavy atom. The lowest BCUT2D eigenvalue weighted by Gasteiger charge is -2.34. The van der Waals surface area contributed by atoms with E-state index in [2.05, 4.69) is 5.32 Å². The summed E-state index contributed by atoms with van der Waals surface area (Å²) in [6.07, 6.45) is 0.840. The van der Waals surface area contributed by atoms with Crippen LogP contribution in [0.3, 0.4) is 0 Å². The SMILES string of the molecule is CCOC(=O)CNC(=O)N1CCOCC1CC. The molecule has 98 valence electrons. The Hall–Kier alpha value is -1.30. The van der Waals surface area contributed by atoms with Gasteiger partial charge in [-0.15, -0.1) is 0 Å². The van der Waals surface area contributed by atoms with E-state index in [-0.39, 0.29) is 18.6 Å². The van der Waals surface area contributed by atoms with Crippen LogP contribution in [0.4, 0.5) is 4.79 Å². The number of rotatable bonds is 4. The van der Waals surface area contributed by atoms with Gasteiger partial charge in [0.25, 0.3) is 0 Å². The van der Waals surface area contributed by atoms with E-state index >= 15 is 0 Å². The molecule has 1 unspecified atom stereocenters. The standard InChI is InChI=1S/C11H20N2O4/c1-3-9-8-16-6-5-13(9)11(15)12-7-10(14)17-4-2/h9H,3-8H2,1-2H3,(H,12,15). The van der Waals surface area contributed by atoms with Gasteiger partial charge in [0, 0.05) is 6.54 Å². The van der Waals surface area contributed by atoms with E-state index in [1.807, 2.05) is 6.92 Å². The number of carbonyl (C=O) groups is 2. The number of ether oxygens (including phenoxy) is 2. The summed E-state index contributed by atoms with van der Waals surface area (Å²) in [6, 6.07) is -0.140. The van der Waals surface area contributed by atoms with Gasteiger partial charge in [-0.3, -0.25) is 4.79 Å². The molecule has 17 heavy (non-hydrogen) atoms. The van der Waals surface area contributed by atoms with Crippen LogP contribution in [0, 0.1) is 0 Å². The lowest BCUT2D eigenvalue weighted by molar-refractivity contribution is -0.141. The maximum Gasteiger partial charge on any atom is 0.325 e. The highest BCUT2D eigenvalue weighted by Crippen LogP contribution is 2.09. The van der Waals surface area contributed by atoms with Crippen LogP contribution in [-0.4, -0.2) is 55.9 Å². The van der Waals surface area contributed by atoms with Crippen LogP contribution in [0.5, 0.6) is 0 Å². The number of nitrogens with one attached hydrogen (secondary N) is 1. The molecule has 1 heterocycles. The zero-order chi connectivity index (χ0) is 12.7.